The van der Waals surface area contributed by atoms with Gasteiger partial charge in [-0.05, 0) is 0 Å². The molecule has 1 heteroatoms. The van der Waals surface area contributed by atoms with Gasteiger partial charge in [0.2, 0.25) is 0 Å². The van der Waals surface area contributed by atoms with Gasteiger partial charge >= 0.3 is 92.4 Å². The zero-order chi connectivity index (χ0) is 11.2. The molecule has 0 unspecified atom stereocenters. The van der Waals surface area contributed by atoms with Gasteiger partial charge in [-0.15, -0.1) is 0 Å². The van der Waals surface area contributed by atoms with E-state index in [4.69, 9.17) is 0 Å². The topological polar surface area (TPSA) is 0 Å². The summed E-state index contributed by atoms with van der Waals surface area (Å²) in [6.45, 7) is 2.29. The molecule has 0 heterocycles. The van der Waals surface area contributed by atoms with Crippen LogP contribution in [-0.2, 0) is 0 Å². The Balaban J connectivity index is 2.81. The van der Waals surface area contributed by atoms with E-state index in [0.29, 0.717) is 0 Å². The summed E-state index contributed by atoms with van der Waals surface area (Å²) < 4.78 is 0. The average molecular weight is 273 g/mol. The molecule has 0 radical (unpaired) electrons. The standard InChI is InChI=1S/C14H32Ge/c1-2-3-4-5-6-7-8-9-10-11-12-13-14-15/h2-14H2,1,15H3. The van der Waals surface area contributed by atoms with Crippen LogP contribution in [0.2, 0.25) is 5.25 Å². The van der Waals surface area contributed by atoms with E-state index in [2.05, 4.69) is 6.92 Å². The molecule has 0 N–H and O–H groups in total. The van der Waals surface area contributed by atoms with Crippen LogP contribution in [0.5, 0.6) is 0 Å². The van der Waals surface area contributed by atoms with Crippen molar-refractivity contribution in [3.8, 4) is 0 Å². The fourth-order valence-corrected chi connectivity index (χ4v) is 3.14. The number of unbranched alkanes of at least 4 members (excludes halogenated alkanes) is 11. The first-order chi connectivity index (χ1) is 7.41. The van der Waals surface area contributed by atoms with E-state index in [1.54, 1.807) is 5.25 Å². The Kier molecular flexibility index (Phi) is 15.1. The summed E-state index contributed by atoms with van der Waals surface area (Å²) in [7, 11) is 0. The normalized spacial score (nSPS) is 11.0. The van der Waals surface area contributed by atoms with Crippen molar-refractivity contribution in [3.05, 3.63) is 0 Å². The molecular formula is C14H32Ge. The molecule has 0 amide bonds. The molecule has 0 fully saturated rings. The Morgan fingerprint density at radius 1 is 0.533 bits per heavy atom. The van der Waals surface area contributed by atoms with Gasteiger partial charge in [0.05, 0.1) is 0 Å². The van der Waals surface area contributed by atoms with E-state index in [-0.39, 0.29) is 0 Å². The van der Waals surface area contributed by atoms with Crippen LogP contribution in [0, 0.1) is 0 Å². The summed E-state index contributed by atoms with van der Waals surface area (Å²) in [4.78, 5) is 0. The molecule has 0 aliphatic rings. The van der Waals surface area contributed by atoms with Crippen LogP contribution in [0.3, 0.4) is 0 Å². The Morgan fingerprint density at radius 2 is 0.867 bits per heavy atom. The third-order valence-corrected chi connectivity index (χ3v) is 4.69. The average Bonchev–Trinajstić information content (AvgIpc) is 2.26. The Bertz CT molecular complexity index is 89.5. The molecule has 15 heavy (non-hydrogen) atoms. The van der Waals surface area contributed by atoms with E-state index in [1.807, 2.05) is 0 Å². The number of rotatable bonds is 12. The molecular weight excluding hydrogens is 241 g/mol. The summed E-state index contributed by atoms with van der Waals surface area (Å²) in [6.07, 6.45) is 17.8. The number of hydrogen-bond acceptors (Lipinski definition) is 0. The monoisotopic (exact) mass is 274 g/mol. The molecule has 0 spiro atoms. The van der Waals surface area contributed by atoms with Gasteiger partial charge in [0.1, 0.15) is 0 Å². The zero-order valence-electron chi connectivity index (χ0n) is 11.2. The molecule has 0 saturated heterocycles. The molecule has 0 bridgehead atoms. The first kappa shape index (κ1) is 15.5. The van der Waals surface area contributed by atoms with Crippen molar-refractivity contribution in [2.24, 2.45) is 0 Å². The van der Waals surface area contributed by atoms with Gasteiger partial charge in [-0.25, -0.2) is 0 Å². The van der Waals surface area contributed by atoms with E-state index in [9.17, 15) is 0 Å². The summed E-state index contributed by atoms with van der Waals surface area (Å²) in [5, 5.41) is 1.56. The van der Waals surface area contributed by atoms with Crippen LogP contribution in [-0.4, -0.2) is 16.5 Å². The first-order valence-electron chi connectivity index (χ1n) is 7.41. The second-order valence-corrected chi connectivity index (χ2v) is 6.99. The van der Waals surface area contributed by atoms with Crippen molar-refractivity contribution in [1.29, 1.82) is 0 Å². The van der Waals surface area contributed by atoms with Crippen LogP contribution >= 0.6 is 0 Å². The molecule has 0 saturated carbocycles. The van der Waals surface area contributed by atoms with Gasteiger partial charge in [-0.1, -0.05) is 13.3 Å². The molecule has 0 aromatic heterocycles. The maximum absolute atomic E-state index is 2.29. The van der Waals surface area contributed by atoms with Gasteiger partial charge in [-0.3, -0.25) is 0 Å². The van der Waals surface area contributed by atoms with Crippen molar-refractivity contribution in [1.82, 2.24) is 0 Å². The summed E-state index contributed by atoms with van der Waals surface area (Å²) in [5.41, 5.74) is 0. The van der Waals surface area contributed by atoms with E-state index in [0.717, 1.165) is 16.5 Å². The van der Waals surface area contributed by atoms with Gasteiger partial charge in [0.25, 0.3) is 0 Å². The Morgan fingerprint density at radius 3 is 1.20 bits per heavy atom. The van der Waals surface area contributed by atoms with Crippen molar-refractivity contribution < 1.29 is 0 Å². The minimum atomic E-state index is 1.10. The van der Waals surface area contributed by atoms with Crippen LogP contribution in [0.1, 0.15) is 84.0 Å². The van der Waals surface area contributed by atoms with Gasteiger partial charge in [0.15, 0.2) is 0 Å². The molecule has 0 atom stereocenters. The fourth-order valence-electron chi connectivity index (χ4n) is 2.09. The van der Waals surface area contributed by atoms with E-state index >= 15 is 0 Å². The molecule has 0 aromatic carbocycles. The molecule has 0 aromatic rings. The van der Waals surface area contributed by atoms with Crippen LogP contribution < -0.4 is 0 Å². The number of hydrogen-bond donors (Lipinski definition) is 0. The van der Waals surface area contributed by atoms with Crippen molar-refractivity contribution >= 4 is 16.5 Å². The van der Waals surface area contributed by atoms with Crippen molar-refractivity contribution in [2.45, 2.75) is 89.2 Å². The van der Waals surface area contributed by atoms with Crippen LogP contribution in [0.25, 0.3) is 0 Å². The zero-order valence-corrected chi connectivity index (χ0v) is 15.4. The summed E-state index contributed by atoms with van der Waals surface area (Å²) >= 11 is 1.10. The third-order valence-electron chi connectivity index (χ3n) is 3.21. The second kappa shape index (κ2) is 14.5. The van der Waals surface area contributed by atoms with Gasteiger partial charge in [-0.2, -0.15) is 0 Å². The van der Waals surface area contributed by atoms with E-state index < -0.39 is 0 Å². The third kappa shape index (κ3) is 14.5. The van der Waals surface area contributed by atoms with Crippen LogP contribution in [0.15, 0.2) is 0 Å². The maximum atomic E-state index is 2.29. The molecule has 0 aliphatic heterocycles. The Hall–Kier alpha value is 0.543. The van der Waals surface area contributed by atoms with Crippen LogP contribution in [0.4, 0.5) is 0 Å². The van der Waals surface area contributed by atoms with Crippen molar-refractivity contribution in [3.63, 3.8) is 0 Å². The summed E-state index contributed by atoms with van der Waals surface area (Å²) in [6, 6.07) is 0. The van der Waals surface area contributed by atoms with Crippen molar-refractivity contribution in [2.75, 3.05) is 0 Å². The quantitative estimate of drug-likeness (QED) is 0.363. The molecule has 0 nitrogen and oxygen atoms in total. The first-order valence-corrected chi connectivity index (χ1v) is 10.4. The van der Waals surface area contributed by atoms with Gasteiger partial charge < -0.3 is 0 Å². The minimum absolute atomic E-state index is 1.10. The van der Waals surface area contributed by atoms with Gasteiger partial charge in [0, 0.05) is 0 Å². The molecule has 92 valence electrons. The van der Waals surface area contributed by atoms with E-state index in [1.165, 1.54) is 77.0 Å². The molecule has 0 rings (SSSR count). The molecule has 0 aliphatic carbocycles. The second-order valence-electron chi connectivity index (χ2n) is 4.89. The summed E-state index contributed by atoms with van der Waals surface area (Å²) in [5.74, 6) is 0. The fraction of sp³-hybridized carbons (Fsp3) is 1.00. The Labute approximate surface area is 106 Å². The predicted molar refractivity (Wildman–Crippen MR) is 75.8 cm³/mol. The SMILES string of the molecule is CCCCCCCCCCCCC[CH2][GeH3]. The predicted octanol–water partition coefficient (Wildman–Crippen LogP) is 4.47.